The number of dihydropyridines is 1. The Morgan fingerprint density at radius 3 is 2.85 bits per heavy atom. The lowest BCUT2D eigenvalue weighted by Gasteiger charge is -2.28. The lowest BCUT2D eigenvalue weighted by atomic mass is 9.93. The van der Waals surface area contributed by atoms with E-state index >= 15 is 0 Å². The summed E-state index contributed by atoms with van der Waals surface area (Å²) in [5.41, 5.74) is 13.5. The van der Waals surface area contributed by atoms with Gasteiger partial charge < -0.3 is 21.5 Å². The molecule has 2 aliphatic rings. The zero-order chi connectivity index (χ0) is 14.3. The Morgan fingerprint density at radius 2 is 2.15 bits per heavy atom. The van der Waals surface area contributed by atoms with Gasteiger partial charge in [0.1, 0.15) is 12.0 Å². The van der Waals surface area contributed by atoms with Crippen molar-refractivity contribution in [3.8, 4) is 0 Å². The smallest absolute Gasteiger partial charge is 0.252 e. The number of nitrogens with zero attached hydrogens (tertiary/aromatic N) is 2. The first-order chi connectivity index (χ1) is 9.63. The summed E-state index contributed by atoms with van der Waals surface area (Å²) in [5.74, 6) is -0.468. The number of amidine groups is 1. The molecule has 1 aromatic carbocycles. The summed E-state index contributed by atoms with van der Waals surface area (Å²) in [6.07, 6.45) is 1.56. The Bertz CT molecular complexity index is 623. The van der Waals surface area contributed by atoms with Gasteiger partial charge in [-0.05, 0) is 11.6 Å². The molecule has 0 aromatic heterocycles. The quantitative estimate of drug-likeness (QED) is 0.702. The summed E-state index contributed by atoms with van der Waals surface area (Å²) in [6.45, 7) is 0.494. The molecule has 6 heteroatoms. The number of aliphatic imine (C=N–C) groups is 1. The van der Waals surface area contributed by atoms with Crippen LogP contribution in [0.1, 0.15) is 11.5 Å². The van der Waals surface area contributed by atoms with Crippen LogP contribution >= 0.6 is 0 Å². The molecule has 5 N–H and O–H groups in total. The van der Waals surface area contributed by atoms with Crippen molar-refractivity contribution in [1.82, 2.24) is 0 Å². The van der Waals surface area contributed by atoms with E-state index in [1.54, 1.807) is 6.08 Å². The molecule has 0 radical (unpaired) electrons. The number of fused-ring (bicyclic) bond motifs is 3. The van der Waals surface area contributed by atoms with Gasteiger partial charge in [0.25, 0.3) is 5.91 Å². The fourth-order valence-corrected chi connectivity index (χ4v) is 2.90. The number of para-hydroxylation sites is 1. The van der Waals surface area contributed by atoms with E-state index in [0.717, 1.165) is 11.3 Å². The van der Waals surface area contributed by atoms with Crippen LogP contribution < -0.4 is 16.4 Å². The third-order valence-electron chi connectivity index (χ3n) is 3.75. The van der Waals surface area contributed by atoms with E-state index in [2.05, 4.69) is 4.99 Å². The minimum Gasteiger partial charge on any atom is -0.395 e. The van der Waals surface area contributed by atoms with Gasteiger partial charge in [0.15, 0.2) is 0 Å². The van der Waals surface area contributed by atoms with Crippen molar-refractivity contribution < 1.29 is 9.90 Å². The number of hydrogen-bond acceptors (Lipinski definition) is 5. The number of carbonyl (C=O) groups is 1. The van der Waals surface area contributed by atoms with Crippen LogP contribution in [0.2, 0.25) is 0 Å². The third kappa shape index (κ3) is 1.77. The van der Waals surface area contributed by atoms with E-state index in [-0.39, 0.29) is 30.1 Å². The maximum absolute atomic E-state index is 11.4. The summed E-state index contributed by atoms with van der Waals surface area (Å²) in [7, 11) is 0. The number of β-amino-alcohol motifs (C(OH)–C–C–N with tert-alkyl or cyclic N) is 1. The first kappa shape index (κ1) is 12.7. The van der Waals surface area contributed by atoms with E-state index in [1.165, 1.54) is 0 Å². The molecule has 1 amide bonds. The van der Waals surface area contributed by atoms with Crippen molar-refractivity contribution >= 4 is 17.4 Å². The maximum atomic E-state index is 11.4. The minimum absolute atomic E-state index is 0.0272. The van der Waals surface area contributed by atoms with Gasteiger partial charge in [0.05, 0.1) is 12.2 Å². The zero-order valence-electron chi connectivity index (χ0n) is 10.9. The average Bonchev–Trinajstić information content (AvgIpc) is 2.72. The number of rotatable bonds is 3. The molecule has 20 heavy (non-hydrogen) atoms. The standard InChI is InChI=1S/C14H16N4O2/c15-12-10(13(16)20)7-9-8-3-1-2-4-11(8)18(5-6-19)14(9)17-12/h1-4,7,9,14,19H,5-6H2,(H2,15,17)(H2,16,20). The summed E-state index contributed by atoms with van der Waals surface area (Å²) in [6, 6.07) is 7.85. The predicted octanol–water partition coefficient (Wildman–Crippen LogP) is -0.309. The highest BCUT2D eigenvalue weighted by molar-refractivity contribution is 6.20. The molecule has 0 aliphatic carbocycles. The molecule has 0 spiro atoms. The Hall–Kier alpha value is -2.34. The summed E-state index contributed by atoms with van der Waals surface area (Å²) in [4.78, 5) is 17.8. The van der Waals surface area contributed by atoms with Crippen molar-refractivity contribution in [3.05, 3.63) is 41.5 Å². The Balaban J connectivity index is 2.10. The van der Waals surface area contributed by atoms with Crippen molar-refractivity contribution in [1.29, 1.82) is 0 Å². The number of aliphatic hydroxyl groups excluding tert-OH is 1. The molecule has 2 unspecified atom stereocenters. The number of primary amides is 1. The lowest BCUT2D eigenvalue weighted by Crippen LogP contribution is -2.40. The van der Waals surface area contributed by atoms with E-state index < -0.39 is 5.91 Å². The van der Waals surface area contributed by atoms with Gasteiger partial charge in [0.2, 0.25) is 0 Å². The molecule has 2 heterocycles. The molecule has 6 nitrogen and oxygen atoms in total. The van der Waals surface area contributed by atoms with Crippen LogP contribution in [-0.2, 0) is 4.79 Å². The van der Waals surface area contributed by atoms with Gasteiger partial charge in [-0.3, -0.25) is 4.79 Å². The molecule has 2 aliphatic heterocycles. The summed E-state index contributed by atoms with van der Waals surface area (Å²) < 4.78 is 0. The van der Waals surface area contributed by atoms with Gasteiger partial charge in [-0.1, -0.05) is 24.3 Å². The number of aliphatic hydroxyl groups is 1. The van der Waals surface area contributed by atoms with E-state index in [9.17, 15) is 9.90 Å². The third-order valence-corrected chi connectivity index (χ3v) is 3.75. The average molecular weight is 272 g/mol. The Labute approximate surface area is 116 Å². The summed E-state index contributed by atoms with van der Waals surface area (Å²) >= 11 is 0. The van der Waals surface area contributed by atoms with Crippen LogP contribution in [0.3, 0.4) is 0 Å². The second kappa shape index (κ2) is 4.64. The van der Waals surface area contributed by atoms with E-state index in [1.807, 2.05) is 29.2 Å². The fourth-order valence-electron chi connectivity index (χ4n) is 2.90. The molecule has 104 valence electrons. The highest BCUT2D eigenvalue weighted by Gasteiger charge is 2.40. The normalized spacial score (nSPS) is 23.8. The van der Waals surface area contributed by atoms with Gasteiger partial charge in [-0.15, -0.1) is 0 Å². The highest BCUT2D eigenvalue weighted by Crippen LogP contribution is 2.43. The van der Waals surface area contributed by atoms with Gasteiger partial charge in [-0.2, -0.15) is 0 Å². The van der Waals surface area contributed by atoms with E-state index in [0.29, 0.717) is 6.54 Å². The molecular weight excluding hydrogens is 256 g/mol. The van der Waals surface area contributed by atoms with Crippen molar-refractivity contribution in [3.63, 3.8) is 0 Å². The largest absolute Gasteiger partial charge is 0.395 e. The van der Waals surface area contributed by atoms with E-state index in [4.69, 9.17) is 11.5 Å². The SMILES string of the molecule is NC(=O)C1=CC2c3ccccc3N(CCO)C2N=C1N. The molecule has 3 rings (SSSR count). The van der Waals surface area contributed by atoms with Crippen LogP contribution in [0.5, 0.6) is 0 Å². The first-order valence-corrected chi connectivity index (χ1v) is 6.45. The van der Waals surface area contributed by atoms with Crippen molar-refractivity contribution in [2.75, 3.05) is 18.1 Å². The number of nitrogens with two attached hydrogens (primary N) is 2. The number of benzene rings is 1. The monoisotopic (exact) mass is 272 g/mol. The highest BCUT2D eigenvalue weighted by atomic mass is 16.3. The van der Waals surface area contributed by atoms with Gasteiger partial charge >= 0.3 is 0 Å². The maximum Gasteiger partial charge on any atom is 0.252 e. The molecule has 1 aromatic rings. The minimum atomic E-state index is -0.567. The van der Waals surface area contributed by atoms with Crippen LogP contribution in [-0.4, -0.2) is 36.2 Å². The zero-order valence-corrected chi connectivity index (χ0v) is 10.9. The van der Waals surface area contributed by atoms with Crippen molar-refractivity contribution in [2.24, 2.45) is 16.5 Å². The molecule has 0 saturated heterocycles. The number of carbonyl (C=O) groups excluding carboxylic acids is 1. The lowest BCUT2D eigenvalue weighted by molar-refractivity contribution is -0.114. The number of hydrogen-bond donors (Lipinski definition) is 3. The second-order valence-corrected chi connectivity index (χ2v) is 4.87. The Morgan fingerprint density at radius 1 is 1.40 bits per heavy atom. The van der Waals surface area contributed by atoms with Crippen molar-refractivity contribution in [2.45, 2.75) is 12.1 Å². The predicted molar refractivity (Wildman–Crippen MR) is 76.3 cm³/mol. The van der Waals surface area contributed by atoms with Crippen LogP contribution in [0, 0.1) is 0 Å². The van der Waals surface area contributed by atoms with Crippen LogP contribution in [0.25, 0.3) is 0 Å². The number of amides is 1. The van der Waals surface area contributed by atoms with Gasteiger partial charge in [-0.25, -0.2) is 4.99 Å². The van der Waals surface area contributed by atoms with Crippen LogP contribution in [0.15, 0.2) is 40.9 Å². The first-order valence-electron chi connectivity index (χ1n) is 6.45. The molecule has 0 fully saturated rings. The van der Waals surface area contributed by atoms with Gasteiger partial charge in [0, 0.05) is 18.2 Å². The van der Waals surface area contributed by atoms with Crippen LogP contribution in [0.4, 0.5) is 5.69 Å². The molecule has 2 atom stereocenters. The molecular formula is C14H16N4O2. The number of anilines is 1. The second-order valence-electron chi connectivity index (χ2n) is 4.87. The fraction of sp³-hybridized carbons (Fsp3) is 0.286. The molecule has 0 bridgehead atoms. The topological polar surface area (TPSA) is 105 Å². The Kier molecular flexibility index (Phi) is 2.94. The molecule has 0 saturated carbocycles. The summed E-state index contributed by atoms with van der Waals surface area (Å²) in [5, 5.41) is 9.24.